The molecule has 0 heterocycles. The minimum absolute atomic E-state index is 0.00109. The summed E-state index contributed by atoms with van der Waals surface area (Å²) in [7, 11) is 1.09. The van der Waals surface area contributed by atoms with E-state index in [0.717, 1.165) is 12.7 Å². The Morgan fingerprint density at radius 1 is 1.30 bits per heavy atom. The van der Waals surface area contributed by atoms with Crippen LogP contribution in [-0.4, -0.2) is 36.9 Å². The van der Waals surface area contributed by atoms with Gasteiger partial charge in [-0.1, -0.05) is 30.3 Å². The van der Waals surface area contributed by atoms with Gasteiger partial charge in [0.1, 0.15) is 0 Å². The first kappa shape index (κ1) is 18.1. The van der Waals surface area contributed by atoms with Crippen molar-refractivity contribution >= 4 is 11.9 Å². The SMILES string of the molecule is CCOC(=O)/C([N+]#N)=C(\O)C(OCc1ccccc1)C(=O)OC. The van der Waals surface area contributed by atoms with Crippen LogP contribution < -0.4 is 0 Å². The Kier molecular flexibility index (Phi) is 7.23. The molecule has 0 aromatic heterocycles. The minimum Gasteiger partial charge on any atom is -0.502 e. The summed E-state index contributed by atoms with van der Waals surface area (Å²) in [5.74, 6) is -2.94. The summed E-state index contributed by atoms with van der Waals surface area (Å²) in [5.41, 5.74) is -0.0943. The highest BCUT2D eigenvalue weighted by Crippen LogP contribution is 2.16. The highest BCUT2D eigenvalue weighted by molar-refractivity contribution is 5.92. The second kappa shape index (κ2) is 9.17. The highest BCUT2D eigenvalue weighted by atomic mass is 16.6. The zero-order chi connectivity index (χ0) is 17.2. The van der Waals surface area contributed by atoms with Gasteiger partial charge in [0.05, 0.1) is 20.3 Å². The number of benzene rings is 1. The number of ether oxygens (including phenoxy) is 3. The van der Waals surface area contributed by atoms with E-state index in [1.165, 1.54) is 6.92 Å². The molecule has 23 heavy (non-hydrogen) atoms. The highest BCUT2D eigenvalue weighted by Gasteiger charge is 2.39. The van der Waals surface area contributed by atoms with Gasteiger partial charge in [-0.05, 0) is 12.5 Å². The fourth-order valence-corrected chi connectivity index (χ4v) is 1.64. The van der Waals surface area contributed by atoms with Crippen molar-refractivity contribution in [3.63, 3.8) is 0 Å². The van der Waals surface area contributed by atoms with Gasteiger partial charge >= 0.3 is 17.6 Å². The van der Waals surface area contributed by atoms with E-state index in [1.54, 1.807) is 24.3 Å². The summed E-state index contributed by atoms with van der Waals surface area (Å²) in [5, 5.41) is 18.9. The van der Waals surface area contributed by atoms with Gasteiger partial charge in [0.25, 0.3) is 0 Å². The van der Waals surface area contributed by atoms with Gasteiger partial charge in [0, 0.05) is 0 Å². The molecule has 1 N–H and O–H groups in total. The zero-order valence-corrected chi connectivity index (χ0v) is 12.8. The van der Waals surface area contributed by atoms with Gasteiger partial charge in [-0.2, -0.15) is 0 Å². The Balaban J connectivity index is 3.02. The molecule has 1 rings (SSSR count). The maximum Gasteiger partial charge on any atom is 0.508 e. The number of methoxy groups -OCH3 is 1. The van der Waals surface area contributed by atoms with Crippen LogP contribution in [0.2, 0.25) is 0 Å². The van der Waals surface area contributed by atoms with Crippen LogP contribution in [-0.2, 0) is 30.4 Å². The van der Waals surface area contributed by atoms with Crippen LogP contribution in [0.15, 0.2) is 41.8 Å². The third-order valence-corrected chi connectivity index (χ3v) is 2.73. The van der Waals surface area contributed by atoms with Crippen LogP contribution >= 0.6 is 0 Å². The number of carbonyl (C=O) groups excluding carboxylic acids is 2. The fourth-order valence-electron chi connectivity index (χ4n) is 1.64. The van der Waals surface area contributed by atoms with E-state index in [4.69, 9.17) is 10.1 Å². The quantitative estimate of drug-likeness (QED) is 0.353. The second-order valence-electron chi connectivity index (χ2n) is 4.25. The van der Waals surface area contributed by atoms with Crippen LogP contribution in [0.5, 0.6) is 0 Å². The summed E-state index contributed by atoms with van der Waals surface area (Å²) in [6.45, 7) is 1.50. The molecule has 1 aromatic carbocycles. The number of hydrogen-bond acceptors (Lipinski definition) is 7. The molecule has 122 valence electrons. The number of hydrogen-bond donors (Lipinski definition) is 1. The minimum atomic E-state index is -1.63. The largest absolute Gasteiger partial charge is 0.508 e. The van der Waals surface area contributed by atoms with E-state index in [-0.39, 0.29) is 13.2 Å². The van der Waals surface area contributed by atoms with Crippen molar-refractivity contribution in [1.29, 1.82) is 5.39 Å². The maximum absolute atomic E-state index is 11.8. The number of esters is 2. The molecular formula is C15H17N2O6+. The predicted octanol–water partition coefficient (Wildman–Crippen LogP) is 1.93. The molecule has 0 fully saturated rings. The van der Waals surface area contributed by atoms with Crippen molar-refractivity contribution in [2.75, 3.05) is 13.7 Å². The van der Waals surface area contributed by atoms with E-state index in [1.807, 2.05) is 6.07 Å². The van der Waals surface area contributed by atoms with Crippen LogP contribution in [0.4, 0.5) is 0 Å². The first-order valence-corrected chi connectivity index (χ1v) is 6.73. The number of aliphatic hydroxyl groups is 1. The first-order chi connectivity index (χ1) is 11.0. The molecule has 0 amide bonds. The van der Waals surface area contributed by atoms with E-state index in [2.05, 4.69) is 14.4 Å². The van der Waals surface area contributed by atoms with Crippen molar-refractivity contribution in [3.05, 3.63) is 52.3 Å². The number of rotatable bonds is 7. The van der Waals surface area contributed by atoms with Gasteiger partial charge in [0.2, 0.25) is 17.3 Å². The molecule has 1 aromatic rings. The summed E-state index contributed by atoms with van der Waals surface area (Å²) in [6.07, 6.45) is -1.63. The number of diazo groups is 1. The molecule has 0 saturated carbocycles. The van der Waals surface area contributed by atoms with E-state index >= 15 is 0 Å². The van der Waals surface area contributed by atoms with Crippen molar-refractivity contribution in [2.45, 2.75) is 19.6 Å². The van der Waals surface area contributed by atoms with Crippen LogP contribution in [0.3, 0.4) is 0 Å². The third-order valence-electron chi connectivity index (χ3n) is 2.73. The predicted molar refractivity (Wildman–Crippen MR) is 78.4 cm³/mol. The van der Waals surface area contributed by atoms with E-state index in [0.29, 0.717) is 0 Å². The smallest absolute Gasteiger partial charge is 0.502 e. The Labute approximate surface area is 132 Å². The lowest BCUT2D eigenvalue weighted by molar-refractivity contribution is -0.154. The lowest BCUT2D eigenvalue weighted by Gasteiger charge is -2.13. The number of carbonyl (C=O) groups is 2. The van der Waals surface area contributed by atoms with Gasteiger partial charge in [-0.25, -0.2) is 9.59 Å². The molecule has 0 aliphatic rings. The third kappa shape index (κ3) is 5.09. The Morgan fingerprint density at radius 3 is 2.48 bits per heavy atom. The average Bonchev–Trinajstić information content (AvgIpc) is 2.56. The molecule has 1 atom stereocenters. The molecule has 0 radical (unpaired) electrons. The molecule has 8 heteroatoms. The maximum atomic E-state index is 11.8. The van der Waals surface area contributed by atoms with E-state index in [9.17, 15) is 14.7 Å². The van der Waals surface area contributed by atoms with Crippen molar-refractivity contribution in [1.82, 2.24) is 0 Å². The summed E-state index contributed by atoms with van der Waals surface area (Å²) < 4.78 is 14.4. The standard InChI is InChI=1S/C15H16N2O6/c1-3-22-14(19)11(17-16)12(18)13(15(20)21-2)23-9-10-7-5-4-6-8-10/h4-8,13H,3,9H2,1-2H3/p+1. The molecule has 0 spiro atoms. The van der Waals surface area contributed by atoms with Crippen molar-refractivity contribution < 1.29 is 28.9 Å². The number of nitrogens with zero attached hydrogens (tertiary/aromatic N) is 2. The molecule has 0 bridgehead atoms. The molecule has 8 nitrogen and oxygen atoms in total. The van der Waals surface area contributed by atoms with Gasteiger partial charge in [-0.3, -0.25) is 0 Å². The Morgan fingerprint density at radius 2 is 1.96 bits per heavy atom. The summed E-state index contributed by atoms with van der Waals surface area (Å²) >= 11 is 0. The molecular weight excluding hydrogens is 304 g/mol. The molecule has 0 saturated heterocycles. The van der Waals surface area contributed by atoms with Gasteiger partial charge in [0.15, 0.2) is 4.98 Å². The normalized spacial score (nSPS) is 12.6. The van der Waals surface area contributed by atoms with Crippen molar-refractivity contribution in [3.8, 4) is 0 Å². The van der Waals surface area contributed by atoms with Crippen LogP contribution in [0.25, 0.3) is 4.98 Å². The first-order valence-electron chi connectivity index (χ1n) is 6.73. The van der Waals surface area contributed by atoms with Crippen LogP contribution in [0.1, 0.15) is 12.5 Å². The molecule has 0 aliphatic carbocycles. The summed E-state index contributed by atoms with van der Waals surface area (Å²) in [6, 6.07) is 8.85. The monoisotopic (exact) mass is 321 g/mol. The van der Waals surface area contributed by atoms with E-state index < -0.39 is 29.5 Å². The second-order valence-corrected chi connectivity index (χ2v) is 4.25. The van der Waals surface area contributed by atoms with Crippen LogP contribution in [0, 0.1) is 5.39 Å². The van der Waals surface area contributed by atoms with Crippen molar-refractivity contribution in [2.24, 2.45) is 0 Å². The molecule has 1 unspecified atom stereocenters. The number of aliphatic hydroxyl groups excluding tert-OH is 1. The fraction of sp³-hybridized carbons (Fsp3) is 0.333. The average molecular weight is 321 g/mol. The zero-order valence-electron chi connectivity index (χ0n) is 12.8. The topological polar surface area (TPSA) is 110 Å². The lowest BCUT2D eigenvalue weighted by Crippen LogP contribution is -2.29. The van der Waals surface area contributed by atoms with Gasteiger partial charge < -0.3 is 19.3 Å². The molecule has 0 aliphatic heterocycles. The Hall–Kier alpha value is -2.92. The lowest BCUT2D eigenvalue weighted by atomic mass is 10.2. The summed E-state index contributed by atoms with van der Waals surface area (Å²) in [4.78, 5) is 26.0. The van der Waals surface area contributed by atoms with Gasteiger partial charge in [-0.15, -0.1) is 0 Å². The Bertz CT molecular complexity index is 621.